The highest BCUT2D eigenvalue weighted by Gasteiger charge is 2.17. The highest BCUT2D eigenvalue weighted by atomic mass is 35.5. The van der Waals surface area contributed by atoms with Gasteiger partial charge in [0.25, 0.3) is 0 Å². The van der Waals surface area contributed by atoms with Gasteiger partial charge in [-0.05, 0) is 48.7 Å². The summed E-state index contributed by atoms with van der Waals surface area (Å²) in [6, 6.07) is 13.7. The number of anilines is 1. The molecule has 0 unspecified atom stereocenters. The first-order chi connectivity index (χ1) is 10.1. The summed E-state index contributed by atoms with van der Waals surface area (Å²) in [5.74, 6) is 0.311. The van der Waals surface area contributed by atoms with Crippen molar-refractivity contribution >= 4 is 17.5 Å². The fraction of sp³-hybridized carbons (Fsp3) is 0.118. The van der Waals surface area contributed by atoms with Crippen LogP contribution in [0.15, 0.2) is 47.0 Å². The fourth-order valence-corrected chi connectivity index (χ4v) is 2.41. The lowest BCUT2D eigenvalue weighted by Gasteiger charge is -2.05. The van der Waals surface area contributed by atoms with Crippen LogP contribution in [0.5, 0.6) is 0 Å². The van der Waals surface area contributed by atoms with Crippen molar-refractivity contribution in [3.8, 4) is 22.4 Å². The van der Waals surface area contributed by atoms with Gasteiger partial charge >= 0.3 is 0 Å². The van der Waals surface area contributed by atoms with Gasteiger partial charge in [0.15, 0.2) is 0 Å². The van der Waals surface area contributed by atoms with Gasteiger partial charge in [-0.2, -0.15) is 0 Å². The van der Waals surface area contributed by atoms with Crippen LogP contribution in [0.4, 0.5) is 5.88 Å². The second-order valence-corrected chi connectivity index (χ2v) is 5.51. The second-order valence-electron chi connectivity index (χ2n) is 5.08. The number of rotatable bonds is 2. The molecule has 0 radical (unpaired) electrons. The number of hydrogen-bond donors (Lipinski definition) is 1. The predicted octanol–water partition coefficient (Wildman–Crippen LogP) is 4.86. The lowest BCUT2D eigenvalue weighted by molar-refractivity contribution is 0.439. The Morgan fingerprint density at radius 1 is 0.952 bits per heavy atom. The summed E-state index contributed by atoms with van der Waals surface area (Å²) in [5.41, 5.74) is 11.9. The van der Waals surface area contributed by atoms with Gasteiger partial charge in [0, 0.05) is 10.6 Å². The molecule has 3 nitrogen and oxygen atoms in total. The molecule has 0 aliphatic heterocycles. The number of nitrogens with two attached hydrogens (primary N) is 1. The topological polar surface area (TPSA) is 52.0 Å². The smallest absolute Gasteiger partial charge is 0.230 e. The molecule has 1 heterocycles. The molecule has 0 fully saturated rings. The van der Waals surface area contributed by atoms with Crippen LogP contribution in [0.25, 0.3) is 22.4 Å². The SMILES string of the molecule is Cc1ccc(-c2noc(N)c2-c2ccc(Cl)cc2)cc1C. The molecule has 0 aliphatic rings. The number of aryl methyl sites for hydroxylation is 2. The average Bonchev–Trinajstić information content (AvgIpc) is 2.85. The molecule has 21 heavy (non-hydrogen) atoms. The van der Waals surface area contributed by atoms with E-state index in [2.05, 4.69) is 31.1 Å². The van der Waals surface area contributed by atoms with Gasteiger partial charge in [-0.15, -0.1) is 0 Å². The molecule has 2 aromatic carbocycles. The molecule has 0 amide bonds. The van der Waals surface area contributed by atoms with Crippen LogP contribution in [0.3, 0.4) is 0 Å². The maximum Gasteiger partial charge on any atom is 0.230 e. The Labute approximate surface area is 128 Å². The first-order valence-corrected chi connectivity index (χ1v) is 7.03. The number of hydrogen-bond acceptors (Lipinski definition) is 3. The summed E-state index contributed by atoms with van der Waals surface area (Å²) in [6.45, 7) is 4.15. The molecule has 1 aromatic heterocycles. The zero-order chi connectivity index (χ0) is 15.0. The first kappa shape index (κ1) is 13.7. The molecule has 0 bridgehead atoms. The minimum atomic E-state index is 0.311. The normalized spacial score (nSPS) is 10.8. The summed E-state index contributed by atoms with van der Waals surface area (Å²) in [6.07, 6.45) is 0. The van der Waals surface area contributed by atoms with Crippen molar-refractivity contribution in [1.82, 2.24) is 5.16 Å². The van der Waals surface area contributed by atoms with E-state index in [1.54, 1.807) is 0 Å². The number of nitrogens with zero attached hydrogens (tertiary/aromatic N) is 1. The summed E-state index contributed by atoms with van der Waals surface area (Å²) in [7, 11) is 0. The third kappa shape index (κ3) is 2.52. The molecule has 0 spiro atoms. The molecule has 3 rings (SSSR count). The molecule has 3 aromatic rings. The van der Waals surface area contributed by atoms with Gasteiger partial charge in [0.05, 0.1) is 5.56 Å². The summed E-state index contributed by atoms with van der Waals surface area (Å²) in [4.78, 5) is 0. The molecule has 0 aliphatic carbocycles. The first-order valence-electron chi connectivity index (χ1n) is 6.65. The van der Waals surface area contributed by atoms with Crippen LogP contribution in [0, 0.1) is 13.8 Å². The highest BCUT2D eigenvalue weighted by molar-refractivity contribution is 6.30. The van der Waals surface area contributed by atoms with E-state index >= 15 is 0 Å². The standard InChI is InChI=1S/C17H15ClN2O/c1-10-3-4-13(9-11(10)2)16-15(17(19)21-20-16)12-5-7-14(18)8-6-12/h3-9H,19H2,1-2H3. The van der Waals surface area contributed by atoms with Crippen molar-refractivity contribution in [2.45, 2.75) is 13.8 Å². The Bertz CT molecular complexity index is 791. The zero-order valence-electron chi connectivity index (χ0n) is 11.9. The Kier molecular flexibility index (Phi) is 3.43. The molecular formula is C17H15ClN2O. The van der Waals surface area contributed by atoms with Crippen molar-refractivity contribution < 1.29 is 4.52 Å². The van der Waals surface area contributed by atoms with Crippen LogP contribution in [0.2, 0.25) is 5.02 Å². The maximum atomic E-state index is 5.95. The van der Waals surface area contributed by atoms with Crippen molar-refractivity contribution in [2.75, 3.05) is 5.73 Å². The van der Waals surface area contributed by atoms with Crippen LogP contribution < -0.4 is 5.73 Å². The summed E-state index contributed by atoms with van der Waals surface area (Å²) >= 11 is 5.94. The van der Waals surface area contributed by atoms with Crippen LogP contribution >= 0.6 is 11.6 Å². The van der Waals surface area contributed by atoms with E-state index in [9.17, 15) is 0 Å². The number of benzene rings is 2. The van der Waals surface area contributed by atoms with Gasteiger partial charge in [-0.25, -0.2) is 0 Å². The number of aromatic nitrogens is 1. The molecule has 2 N–H and O–H groups in total. The molecule has 4 heteroatoms. The van der Waals surface area contributed by atoms with E-state index in [4.69, 9.17) is 21.9 Å². The van der Waals surface area contributed by atoms with E-state index in [1.165, 1.54) is 11.1 Å². The summed E-state index contributed by atoms with van der Waals surface area (Å²) in [5, 5.41) is 4.80. The third-order valence-electron chi connectivity index (χ3n) is 3.63. The molecule has 0 atom stereocenters. The fourth-order valence-electron chi connectivity index (χ4n) is 2.28. The lowest BCUT2D eigenvalue weighted by Crippen LogP contribution is -1.89. The third-order valence-corrected chi connectivity index (χ3v) is 3.88. The molecule has 106 valence electrons. The molecular weight excluding hydrogens is 284 g/mol. The van der Waals surface area contributed by atoms with Gasteiger partial charge in [-0.1, -0.05) is 41.0 Å². The Morgan fingerprint density at radius 3 is 2.29 bits per heavy atom. The quantitative estimate of drug-likeness (QED) is 0.735. The van der Waals surface area contributed by atoms with Crippen molar-refractivity contribution in [2.24, 2.45) is 0 Å². The van der Waals surface area contributed by atoms with Crippen LogP contribution in [0.1, 0.15) is 11.1 Å². The predicted molar refractivity (Wildman–Crippen MR) is 86.3 cm³/mol. The minimum absolute atomic E-state index is 0.311. The van der Waals surface area contributed by atoms with Gasteiger partial charge in [0.1, 0.15) is 5.69 Å². The van der Waals surface area contributed by atoms with Crippen LogP contribution in [-0.2, 0) is 0 Å². The lowest BCUT2D eigenvalue weighted by atomic mass is 9.98. The Morgan fingerprint density at radius 2 is 1.62 bits per heavy atom. The largest absolute Gasteiger partial charge is 0.367 e. The number of nitrogen functional groups attached to an aromatic ring is 1. The van der Waals surface area contributed by atoms with E-state index in [0.717, 1.165) is 22.4 Å². The van der Waals surface area contributed by atoms with Crippen LogP contribution in [-0.4, -0.2) is 5.16 Å². The maximum absolute atomic E-state index is 5.95. The number of halogens is 1. The minimum Gasteiger partial charge on any atom is -0.367 e. The van der Waals surface area contributed by atoms with Crippen molar-refractivity contribution in [1.29, 1.82) is 0 Å². The second kappa shape index (κ2) is 5.26. The van der Waals surface area contributed by atoms with E-state index in [-0.39, 0.29) is 0 Å². The van der Waals surface area contributed by atoms with E-state index in [1.807, 2.05) is 30.3 Å². The zero-order valence-corrected chi connectivity index (χ0v) is 12.6. The highest BCUT2D eigenvalue weighted by Crippen LogP contribution is 2.37. The van der Waals surface area contributed by atoms with E-state index < -0.39 is 0 Å². The van der Waals surface area contributed by atoms with Gasteiger partial charge in [-0.3, -0.25) is 0 Å². The Hall–Kier alpha value is -2.26. The average molecular weight is 299 g/mol. The van der Waals surface area contributed by atoms with Gasteiger partial charge in [0.2, 0.25) is 5.88 Å². The van der Waals surface area contributed by atoms with Gasteiger partial charge < -0.3 is 10.3 Å². The summed E-state index contributed by atoms with van der Waals surface area (Å²) < 4.78 is 5.20. The molecule has 0 saturated heterocycles. The monoisotopic (exact) mass is 298 g/mol. The van der Waals surface area contributed by atoms with Crippen molar-refractivity contribution in [3.05, 3.63) is 58.6 Å². The van der Waals surface area contributed by atoms with E-state index in [0.29, 0.717) is 10.9 Å². The Balaban J connectivity index is 2.16. The molecule has 0 saturated carbocycles. The van der Waals surface area contributed by atoms with Crippen molar-refractivity contribution in [3.63, 3.8) is 0 Å².